The normalized spacial score (nSPS) is 23.0. The van der Waals surface area contributed by atoms with E-state index in [0.717, 1.165) is 36.5 Å². The maximum atomic E-state index is 12.1. The van der Waals surface area contributed by atoms with Crippen molar-refractivity contribution in [2.75, 3.05) is 13.1 Å². The Kier molecular flexibility index (Phi) is 5.38. The van der Waals surface area contributed by atoms with E-state index in [-0.39, 0.29) is 17.2 Å². The van der Waals surface area contributed by atoms with Gasteiger partial charge in [0.25, 0.3) is 0 Å². The summed E-state index contributed by atoms with van der Waals surface area (Å²) >= 11 is 1.69. The predicted octanol–water partition coefficient (Wildman–Crippen LogP) is 2.49. The number of carbonyl (C=O) groups is 1. The number of carbonyl (C=O) groups excluding carboxylic acids is 1. The zero-order valence-electron chi connectivity index (χ0n) is 13.5. The maximum Gasteiger partial charge on any atom is 0.223 e. The largest absolute Gasteiger partial charge is 0.355 e. The van der Waals surface area contributed by atoms with Crippen LogP contribution in [0.2, 0.25) is 0 Å². The fourth-order valence-corrected chi connectivity index (χ4v) is 3.60. The number of nitrogens with zero attached hydrogens (tertiary/aromatic N) is 1. The van der Waals surface area contributed by atoms with Crippen molar-refractivity contribution in [2.24, 2.45) is 5.92 Å². The highest BCUT2D eigenvalue weighted by molar-refractivity contribution is 7.09. The van der Waals surface area contributed by atoms with Gasteiger partial charge < -0.3 is 10.6 Å². The quantitative estimate of drug-likeness (QED) is 0.898. The van der Waals surface area contributed by atoms with Crippen molar-refractivity contribution in [1.29, 1.82) is 0 Å². The second kappa shape index (κ2) is 6.88. The zero-order chi connectivity index (χ0) is 15.5. The van der Waals surface area contributed by atoms with Gasteiger partial charge in [0.05, 0.1) is 10.7 Å². The first-order valence-corrected chi connectivity index (χ1v) is 8.70. The van der Waals surface area contributed by atoms with Crippen LogP contribution in [-0.2, 0) is 16.6 Å². The third-order valence-electron chi connectivity index (χ3n) is 3.95. The second-order valence-electron chi connectivity index (χ2n) is 6.99. The molecule has 1 aliphatic rings. The van der Waals surface area contributed by atoms with Crippen LogP contribution in [0, 0.1) is 5.92 Å². The summed E-state index contributed by atoms with van der Waals surface area (Å²) < 4.78 is 0. The van der Waals surface area contributed by atoms with Gasteiger partial charge in [0.2, 0.25) is 5.91 Å². The lowest BCUT2D eigenvalue weighted by Gasteiger charge is -2.27. The molecule has 0 aromatic carbocycles. The Morgan fingerprint density at radius 2 is 2.29 bits per heavy atom. The van der Waals surface area contributed by atoms with Gasteiger partial charge >= 0.3 is 0 Å². The molecule has 4 nitrogen and oxygen atoms in total. The number of aromatic nitrogens is 1. The smallest absolute Gasteiger partial charge is 0.223 e. The van der Waals surface area contributed by atoms with Crippen LogP contribution in [0.15, 0.2) is 5.38 Å². The molecule has 2 N–H and O–H groups in total. The van der Waals surface area contributed by atoms with E-state index in [1.807, 2.05) is 0 Å². The van der Waals surface area contributed by atoms with Crippen LogP contribution >= 0.6 is 11.3 Å². The molecule has 0 spiro atoms. The van der Waals surface area contributed by atoms with Gasteiger partial charge in [-0.05, 0) is 26.3 Å². The zero-order valence-corrected chi connectivity index (χ0v) is 14.3. The minimum absolute atomic E-state index is 0.100. The van der Waals surface area contributed by atoms with Crippen molar-refractivity contribution in [3.8, 4) is 0 Å². The molecule has 21 heavy (non-hydrogen) atoms. The number of nitrogens with one attached hydrogen (secondary N) is 2. The Bertz CT molecular complexity index is 478. The Balaban J connectivity index is 1.76. The Labute approximate surface area is 131 Å². The first-order valence-electron chi connectivity index (χ1n) is 7.82. The molecule has 1 amide bonds. The Hall–Kier alpha value is -0.940. The number of hydrogen-bond acceptors (Lipinski definition) is 4. The average molecular weight is 309 g/mol. The molecule has 1 saturated heterocycles. The fraction of sp³-hybridized carbons (Fsp3) is 0.750. The number of rotatable bonds is 4. The van der Waals surface area contributed by atoms with E-state index in [9.17, 15) is 4.79 Å². The van der Waals surface area contributed by atoms with Crippen LogP contribution in [0.4, 0.5) is 0 Å². The maximum absolute atomic E-state index is 12.1. The van der Waals surface area contributed by atoms with Crippen molar-refractivity contribution < 1.29 is 4.79 Å². The summed E-state index contributed by atoms with van der Waals surface area (Å²) in [6.07, 6.45) is 2.71. The summed E-state index contributed by atoms with van der Waals surface area (Å²) in [5.41, 5.74) is 1.24. The predicted molar refractivity (Wildman–Crippen MR) is 87.7 cm³/mol. The summed E-state index contributed by atoms with van der Waals surface area (Å²) in [5, 5.41) is 9.69. The summed E-state index contributed by atoms with van der Waals surface area (Å²) in [6.45, 7) is 10.3. The van der Waals surface area contributed by atoms with Gasteiger partial charge in [0, 0.05) is 35.7 Å². The molecule has 0 bridgehead atoms. The number of amides is 1. The molecule has 1 aliphatic heterocycles. The van der Waals surface area contributed by atoms with Gasteiger partial charge in [-0.2, -0.15) is 0 Å². The molecule has 2 rings (SSSR count). The van der Waals surface area contributed by atoms with Crippen molar-refractivity contribution in [1.82, 2.24) is 15.6 Å². The highest BCUT2D eigenvalue weighted by atomic mass is 32.1. The molecule has 1 aromatic rings. The van der Waals surface area contributed by atoms with E-state index in [2.05, 4.69) is 48.7 Å². The van der Waals surface area contributed by atoms with E-state index in [0.29, 0.717) is 12.6 Å². The number of thiazole rings is 1. The van der Waals surface area contributed by atoms with E-state index in [4.69, 9.17) is 0 Å². The lowest BCUT2D eigenvalue weighted by molar-refractivity contribution is -0.126. The van der Waals surface area contributed by atoms with Crippen LogP contribution in [0.5, 0.6) is 0 Å². The van der Waals surface area contributed by atoms with Crippen LogP contribution < -0.4 is 10.6 Å². The van der Waals surface area contributed by atoms with Gasteiger partial charge in [0.15, 0.2) is 0 Å². The number of piperidine rings is 1. The fourth-order valence-electron chi connectivity index (χ4n) is 2.58. The second-order valence-corrected chi connectivity index (χ2v) is 7.94. The SMILES string of the molecule is C[C@H]1C[C@@H](C(=O)NCCc2nc(C(C)(C)C)cs2)CCN1. The van der Waals surface area contributed by atoms with Gasteiger partial charge in [0.1, 0.15) is 0 Å². The Morgan fingerprint density at radius 3 is 2.90 bits per heavy atom. The van der Waals surface area contributed by atoms with Crippen LogP contribution in [0.3, 0.4) is 0 Å². The molecule has 2 atom stereocenters. The standard InChI is InChI=1S/C16H27N3OS/c1-11-9-12(5-7-17-11)15(20)18-8-6-14-19-13(10-21-14)16(2,3)4/h10-12,17H,5-9H2,1-4H3,(H,18,20)/t11-,12-/m0/s1. The van der Waals surface area contributed by atoms with Crippen molar-refractivity contribution in [3.05, 3.63) is 16.1 Å². The van der Waals surface area contributed by atoms with Crippen LogP contribution in [0.1, 0.15) is 51.2 Å². The molecule has 0 aliphatic carbocycles. The molecular formula is C16H27N3OS. The molecule has 118 valence electrons. The summed E-state index contributed by atoms with van der Waals surface area (Å²) in [4.78, 5) is 16.8. The third kappa shape index (κ3) is 4.78. The van der Waals surface area contributed by atoms with Crippen LogP contribution in [-0.4, -0.2) is 30.0 Å². The average Bonchev–Trinajstić information content (AvgIpc) is 2.87. The van der Waals surface area contributed by atoms with E-state index in [1.165, 1.54) is 0 Å². The van der Waals surface area contributed by atoms with E-state index < -0.39 is 0 Å². The molecule has 0 unspecified atom stereocenters. The molecule has 5 heteroatoms. The van der Waals surface area contributed by atoms with Crippen molar-refractivity contribution >= 4 is 17.2 Å². The summed E-state index contributed by atoms with van der Waals surface area (Å²) in [7, 11) is 0. The monoisotopic (exact) mass is 309 g/mol. The first kappa shape index (κ1) is 16.4. The van der Waals surface area contributed by atoms with Crippen LogP contribution in [0.25, 0.3) is 0 Å². The topological polar surface area (TPSA) is 54.0 Å². The van der Waals surface area contributed by atoms with E-state index >= 15 is 0 Å². The molecule has 0 radical (unpaired) electrons. The minimum Gasteiger partial charge on any atom is -0.355 e. The van der Waals surface area contributed by atoms with Crippen molar-refractivity contribution in [3.63, 3.8) is 0 Å². The van der Waals surface area contributed by atoms with Gasteiger partial charge in [-0.25, -0.2) is 4.98 Å². The van der Waals surface area contributed by atoms with E-state index in [1.54, 1.807) is 11.3 Å². The van der Waals surface area contributed by atoms with Gasteiger partial charge in [-0.15, -0.1) is 11.3 Å². The molecule has 0 saturated carbocycles. The molecular weight excluding hydrogens is 282 g/mol. The van der Waals surface area contributed by atoms with Crippen molar-refractivity contribution in [2.45, 2.75) is 58.4 Å². The third-order valence-corrected chi connectivity index (χ3v) is 4.86. The highest BCUT2D eigenvalue weighted by Gasteiger charge is 2.24. The lowest BCUT2D eigenvalue weighted by Crippen LogP contribution is -2.42. The molecule has 1 aromatic heterocycles. The van der Waals surface area contributed by atoms with Gasteiger partial charge in [-0.3, -0.25) is 4.79 Å². The number of hydrogen-bond donors (Lipinski definition) is 2. The van der Waals surface area contributed by atoms with Gasteiger partial charge in [-0.1, -0.05) is 20.8 Å². The highest BCUT2D eigenvalue weighted by Crippen LogP contribution is 2.24. The lowest BCUT2D eigenvalue weighted by atomic mass is 9.92. The summed E-state index contributed by atoms with van der Waals surface area (Å²) in [5.74, 6) is 0.374. The Morgan fingerprint density at radius 1 is 1.52 bits per heavy atom. The summed E-state index contributed by atoms with van der Waals surface area (Å²) in [6, 6.07) is 0.447. The minimum atomic E-state index is 0.100. The molecule has 1 fully saturated rings. The first-order chi connectivity index (χ1) is 9.86. The molecule has 2 heterocycles.